The molecular weight excluding hydrogens is 168 g/mol. The Morgan fingerprint density at radius 1 is 1.85 bits per heavy atom. The summed E-state index contributed by atoms with van der Waals surface area (Å²) in [5.74, 6) is 0.762. The van der Waals surface area contributed by atoms with Crippen LogP contribution in [-0.4, -0.2) is 29.1 Å². The summed E-state index contributed by atoms with van der Waals surface area (Å²) in [7, 11) is 1.63. The average Bonchev–Trinajstić information content (AvgIpc) is 2.63. The lowest BCUT2D eigenvalue weighted by atomic mass is 10.2. The van der Waals surface area contributed by atoms with Crippen LogP contribution >= 0.6 is 0 Å². The van der Waals surface area contributed by atoms with E-state index >= 15 is 0 Å². The van der Waals surface area contributed by atoms with Gasteiger partial charge in [-0.05, 0) is 0 Å². The van der Waals surface area contributed by atoms with Crippen LogP contribution < -0.4 is 10.6 Å². The number of likely N-dealkylation sites (N-methyl/N-ethyl adjacent to an activating group) is 1. The smallest absolute Gasteiger partial charge is 0.244 e. The van der Waals surface area contributed by atoms with Gasteiger partial charge in [0.05, 0.1) is 0 Å². The minimum atomic E-state index is -0.297. The molecule has 0 saturated carbocycles. The highest BCUT2D eigenvalue weighted by Gasteiger charge is 2.26. The lowest BCUT2D eigenvalue weighted by Crippen LogP contribution is -2.42. The highest BCUT2D eigenvalue weighted by molar-refractivity contribution is 5.82. The minimum absolute atomic E-state index is 0.0350. The van der Waals surface area contributed by atoms with E-state index in [0.717, 1.165) is 18.9 Å². The summed E-state index contributed by atoms with van der Waals surface area (Å²) in [5.41, 5.74) is 0. The van der Waals surface area contributed by atoms with E-state index in [2.05, 4.69) is 15.6 Å². The second kappa shape index (κ2) is 3.18. The van der Waals surface area contributed by atoms with E-state index in [1.165, 1.54) is 0 Å². The molecule has 1 aliphatic rings. The standard InChI is InChI=1S/C8H12N4O/c1-9-8(13)6-7-11-3-5-12(7)4-2-10-6/h3,5-6,10H,2,4H2,1H3,(H,9,13). The zero-order valence-corrected chi connectivity index (χ0v) is 7.45. The number of carbonyl (C=O) groups excluding carboxylic acids is 1. The van der Waals surface area contributed by atoms with Gasteiger partial charge < -0.3 is 9.88 Å². The molecule has 0 radical (unpaired) electrons. The number of amides is 1. The van der Waals surface area contributed by atoms with Crippen LogP contribution in [-0.2, 0) is 11.3 Å². The third-order valence-electron chi connectivity index (χ3n) is 2.22. The fraction of sp³-hybridized carbons (Fsp3) is 0.500. The monoisotopic (exact) mass is 180 g/mol. The van der Waals surface area contributed by atoms with Gasteiger partial charge in [0.2, 0.25) is 5.91 Å². The largest absolute Gasteiger partial charge is 0.357 e. The Kier molecular flexibility index (Phi) is 2.02. The van der Waals surface area contributed by atoms with E-state index in [4.69, 9.17) is 0 Å². The molecule has 0 spiro atoms. The number of carbonyl (C=O) groups is 1. The average molecular weight is 180 g/mol. The molecule has 1 aromatic heterocycles. The first-order valence-corrected chi connectivity index (χ1v) is 4.29. The van der Waals surface area contributed by atoms with Gasteiger partial charge in [-0.15, -0.1) is 0 Å². The van der Waals surface area contributed by atoms with Crippen LogP contribution in [0.3, 0.4) is 0 Å². The van der Waals surface area contributed by atoms with Crippen molar-refractivity contribution in [2.24, 2.45) is 0 Å². The van der Waals surface area contributed by atoms with Gasteiger partial charge in [-0.1, -0.05) is 0 Å². The lowest BCUT2D eigenvalue weighted by molar-refractivity contribution is -0.123. The van der Waals surface area contributed by atoms with E-state index in [-0.39, 0.29) is 11.9 Å². The van der Waals surface area contributed by atoms with Crippen LogP contribution in [0.25, 0.3) is 0 Å². The Morgan fingerprint density at radius 3 is 3.46 bits per heavy atom. The summed E-state index contributed by atoms with van der Waals surface area (Å²) in [6.45, 7) is 1.68. The Hall–Kier alpha value is -1.36. The minimum Gasteiger partial charge on any atom is -0.357 e. The molecule has 1 unspecified atom stereocenters. The van der Waals surface area contributed by atoms with E-state index in [1.807, 2.05) is 10.8 Å². The molecule has 0 aliphatic carbocycles. The first kappa shape index (κ1) is 8.25. The van der Waals surface area contributed by atoms with Gasteiger partial charge >= 0.3 is 0 Å². The van der Waals surface area contributed by atoms with Gasteiger partial charge in [-0.3, -0.25) is 10.1 Å². The number of fused-ring (bicyclic) bond motifs is 1. The van der Waals surface area contributed by atoms with Crippen molar-refractivity contribution in [3.63, 3.8) is 0 Å². The van der Waals surface area contributed by atoms with E-state index in [1.54, 1.807) is 13.2 Å². The first-order chi connectivity index (χ1) is 6.33. The summed E-state index contributed by atoms with van der Waals surface area (Å²) in [4.78, 5) is 15.5. The van der Waals surface area contributed by atoms with Crippen LogP contribution in [0.5, 0.6) is 0 Å². The van der Waals surface area contributed by atoms with Crippen molar-refractivity contribution in [3.05, 3.63) is 18.2 Å². The van der Waals surface area contributed by atoms with Crippen molar-refractivity contribution >= 4 is 5.91 Å². The third kappa shape index (κ3) is 1.31. The zero-order valence-electron chi connectivity index (χ0n) is 7.45. The van der Waals surface area contributed by atoms with Crippen molar-refractivity contribution < 1.29 is 4.79 Å². The quantitative estimate of drug-likeness (QED) is 0.599. The van der Waals surface area contributed by atoms with Crippen molar-refractivity contribution in [1.82, 2.24) is 20.2 Å². The first-order valence-electron chi connectivity index (χ1n) is 4.29. The number of hydrogen-bond donors (Lipinski definition) is 2. The van der Waals surface area contributed by atoms with Gasteiger partial charge in [-0.25, -0.2) is 4.98 Å². The van der Waals surface area contributed by atoms with Gasteiger partial charge in [0.1, 0.15) is 11.9 Å². The van der Waals surface area contributed by atoms with E-state index in [9.17, 15) is 4.79 Å². The second-order valence-electron chi connectivity index (χ2n) is 2.98. The number of aromatic nitrogens is 2. The summed E-state index contributed by atoms with van der Waals surface area (Å²) in [5, 5.41) is 5.73. The van der Waals surface area contributed by atoms with E-state index in [0.29, 0.717) is 0 Å². The lowest BCUT2D eigenvalue weighted by Gasteiger charge is -2.23. The molecule has 5 nitrogen and oxygen atoms in total. The van der Waals surface area contributed by atoms with Gasteiger partial charge in [0, 0.05) is 32.5 Å². The van der Waals surface area contributed by atoms with Crippen molar-refractivity contribution in [3.8, 4) is 0 Å². The van der Waals surface area contributed by atoms with Crippen molar-refractivity contribution in [2.75, 3.05) is 13.6 Å². The normalized spacial score (nSPS) is 20.8. The fourth-order valence-corrected chi connectivity index (χ4v) is 1.55. The Bertz CT molecular complexity index is 320. The predicted octanol–water partition coefficient (Wildman–Crippen LogP) is -0.727. The molecule has 1 aromatic rings. The Morgan fingerprint density at radius 2 is 2.69 bits per heavy atom. The highest BCUT2D eigenvalue weighted by Crippen LogP contribution is 2.14. The summed E-state index contributed by atoms with van der Waals surface area (Å²) in [6.07, 6.45) is 3.62. The molecule has 0 fully saturated rings. The maximum Gasteiger partial charge on any atom is 0.244 e. The van der Waals surface area contributed by atoms with Gasteiger partial charge in [0.25, 0.3) is 0 Å². The molecule has 1 amide bonds. The molecule has 2 heterocycles. The molecule has 5 heteroatoms. The summed E-state index contributed by atoms with van der Waals surface area (Å²) >= 11 is 0. The molecule has 70 valence electrons. The maximum atomic E-state index is 11.4. The molecule has 1 atom stereocenters. The molecule has 0 saturated heterocycles. The van der Waals surface area contributed by atoms with Crippen LogP contribution in [0.1, 0.15) is 11.9 Å². The van der Waals surface area contributed by atoms with Crippen LogP contribution in [0, 0.1) is 0 Å². The maximum absolute atomic E-state index is 11.4. The molecule has 2 N–H and O–H groups in total. The zero-order chi connectivity index (χ0) is 9.26. The SMILES string of the molecule is CNC(=O)C1NCCn2ccnc21. The third-order valence-corrected chi connectivity index (χ3v) is 2.22. The highest BCUT2D eigenvalue weighted by atomic mass is 16.2. The number of imidazole rings is 1. The number of nitrogens with zero attached hydrogens (tertiary/aromatic N) is 2. The number of nitrogens with one attached hydrogen (secondary N) is 2. The molecule has 0 bridgehead atoms. The van der Waals surface area contributed by atoms with Crippen LogP contribution in [0.15, 0.2) is 12.4 Å². The fourth-order valence-electron chi connectivity index (χ4n) is 1.55. The summed E-state index contributed by atoms with van der Waals surface area (Å²) < 4.78 is 2.00. The number of rotatable bonds is 1. The predicted molar refractivity (Wildman–Crippen MR) is 47.0 cm³/mol. The molecule has 0 aromatic carbocycles. The second-order valence-corrected chi connectivity index (χ2v) is 2.98. The topological polar surface area (TPSA) is 59.0 Å². The summed E-state index contributed by atoms with van der Waals surface area (Å²) in [6, 6.07) is -0.297. The van der Waals surface area contributed by atoms with Gasteiger partial charge in [0.15, 0.2) is 0 Å². The molecule has 1 aliphatic heterocycles. The molecular formula is C8H12N4O. The van der Waals surface area contributed by atoms with Crippen molar-refractivity contribution in [2.45, 2.75) is 12.6 Å². The Balaban J connectivity index is 2.30. The van der Waals surface area contributed by atoms with Crippen LogP contribution in [0.4, 0.5) is 0 Å². The van der Waals surface area contributed by atoms with Crippen LogP contribution in [0.2, 0.25) is 0 Å². The number of hydrogen-bond acceptors (Lipinski definition) is 3. The Labute approximate surface area is 76.2 Å². The van der Waals surface area contributed by atoms with Crippen molar-refractivity contribution in [1.29, 1.82) is 0 Å². The molecule has 13 heavy (non-hydrogen) atoms. The van der Waals surface area contributed by atoms with E-state index < -0.39 is 0 Å². The molecule has 2 rings (SSSR count). The van der Waals surface area contributed by atoms with Gasteiger partial charge in [-0.2, -0.15) is 0 Å².